The van der Waals surface area contributed by atoms with Crippen molar-refractivity contribution in [3.8, 4) is 11.5 Å². The molecule has 3 aliphatic rings. The highest BCUT2D eigenvalue weighted by molar-refractivity contribution is 6.31. The molecule has 3 saturated heterocycles. The molecule has 12 heteroatoms. The third kappa shape index (κ3) is 7.64. The Balaban J connectivity index is 1.13. The number of anilines is 2. The summed E-state index contributed by atoms with van der Waals surface area (Å²) in [7, 11) is 0. The zero-order valence-electron chi connectivity index (χ0n) is 24.1. The Morgan fingerprint density at radius 1 is 1.00 bits per heavy atom. The Kier molecular flexibility index (Phi) is 9.72. The predicted octanol–water partition coefficient (Wildman–Crippen LogP) is 4.67. The second-order valence-electron chi connectivity index (χ2n) is 11.3. The average Bonchev–Trinajstić information content (AvgIpc) is 3.03. The lowest BCUT2D eigenvalue weighted by Crippen LogP contribution is -2.50. The predicted molar refractivity (Wildman–Crippen MR) is 161 cm³/mol. The number of benzene rings is 2. The van der Waals surface area contributed by atoms with Gasteiger partial charge >= 0.3 is 5.97 Å². The van der Waals surface area contributed by atoms with Gasteiger partial charge in [0.05, 0.1) is 23.7 Å². The first-order chi connectivity index (χ1) is 21.0. The molecule has 0 bridgehead atoms. The highest BCUT2D eigenvalue weighted by Gasteiger charge is 2.28. The van der Waals surface area contributed by atoms with E-state index < -0.39 is 5.82 Å². The number of hydrogen-bond acceptors (Lipinski definition) is 10. The van der Waals surface area contributed by atoms with Crippen LogP contribution >= 0.6 is 11.6 Å². The first kappa shape index (κ1) is 29.8. The molecule has 3 fully saturated rings. The number of nitrogens with one attached hydrogen (secondary N) is 1. The van der Waals surface area contributed by atoms with Gasteiger partial charge in [0.2, 0.25) is 0 Å². The van der Waals surface area contributed by atoms with Crippen LogP contribution < -0.4 is 14.8 Å². The van der Waals surface area contributed by atoms with Crippen molar-refractivity contribution in [2.45, 2.75) is 31.7 Å². The van der Waals surface area contributed by atoms with Gasteiger partial charge in [0.15, 0.2) is 11.5 Å². The zero-order valence-corrected chi connectivity index (χ0v) is 24.9. The smallest absolute Gasteiger partial charge is 0.320 e. The first-order valence-corrected chi connectivity index (χ1v) is 15.4. The molecule has 1 N–H and O–H groups in total. The van der Waals surface area contributed by atoms with Gasteiger partial charge in [-0.3, -0.25) is 14.6 Å². The Hall–Kier alpha value is -3.25. The number of carbonyl (C=O) groups excluding carboxylic acids is 1. The second-order valence-corrected chi connectivity index (χ2v) is 11.7. The molecule has 4 heterocycles. The number of likely N-dealkylation sites (tertiary alicyclic amines) is 1. The van der Waals surface area contributed by atoms with E-state index in [4.69, 9.17) is 30.5 Å². The number of cyclic esters (lactones) is 1. The van der Waals surface area contributed by atoms with Crippen LogP contribution in [0.4, 0.5) is 15.9 Å². The van der Waals surface area contributed by atoms with Gasteiger partial charge in [-0.15, -0.1) is 0 Å². The maximum absolute atomic E-state index is 13.7. The molecule has 6 rings (SSSR count). The Morgan fingerprint density at radius 2 is 1.81 bits per heavy atom. The van der Waals surface area contributed by atoms with E-state index in [1.165, 1.54) is 18.5 Å². The van der Waals surface area contributed by atoms with E-state index in [0.29, 0.717) is 66.8 Å². The van der Waals surface area contributed by atoms with Crippen molar-refractivity contribution in [3.05, 3.63) is 47.5 Å². The standard InChI is InChI=1S/C31H37ClFN5O5/c32-25-15-22(1-2-26(25)33)36-31-24-16-28(43-19-21-5-11-40-12-6-21)29(17-27(24)34-20-35-31)41-13-9-37-7-3-23(4-8-37)38-10-14-42-30(39)18-38/h1-2,15-17,20-21,23H,3-14,18-19H2,(H,34,35,36). The molecular formula is C31H37ClFN5O5. The molecule has 3 aromatic rings. The van der Waals surface area contributed by atoms with E-state index in [-0.39, 0.29) is 11.0 Å². The highest BCUT2D eigenvalue weighted by atomic mass is 35.5. The number of ether oxygens (including phenoxy) is 4. The number of rotatable bonds is 10. The molecule has 2 aromatic carbocycles. The third-order valence-corrected chi connectivity index (χ3v) is 8.70. The van der Waals surface area contributed by atoms with Crippen LogP contribution in [0.2, 0.25) is 5.02 Å². The van der Waals surface area contributed by atoms with Crippen LogP contribution in [0.25, 0.3) is 10.9 Å². The number of fused-ring (bicyclic) bond motifs is 1. The topological polar surface area (TPSA) is 98.3 Å². The van der Waals surface area contributed by atoms with E-state index in [2.05, 4.69) is 25.1 Å². The lowest BCUT2D eigenvalue weighted by Gasteiger charge is -2.39. The molecule has 43 heavy (non-hydrogen) atoms. The van der Waals surface area contributed by atoms with E-state index in [9.17, 15) is 9.18 Å². The summed E-state index contributed by atoms with van der Waals surface area (Å²) in [6, 6.07) is 8.67. The van der Waals surface area contributed by atoms with Crippen LogP contribution in [0.5, 0.6) is 11.5 Å². The summed E-state index contributed by atoms with van der Waals surface area (Å²) in [4.78, 5) is 25.3. The molecule has 0 saturated carbocycles. The number of halogens is 2. The van der Waals surface area contributed by atoms with Crippen molar-refractivity contribution >= 4 is 40.0 Å². The van der Waals surface area contributed by atoms with Crippen molar-refractivity contribution in [2.75, 3.05) is 71.1 Å². The SMILES string of the molecule is O=C1CN(C2CCN(CCOc3cc4ncnc(Nc5ccc(F)c(Cl)c5)c4cc3OCC3CCOCC3)CC2)CCO1. The number of morpholine rings is 1. The Labute approximate surface area is 255 Å². The van der Waals surface area contributed by atoms with E-state index in [1.54, 1.807) is 6.07 Å². The summed E-state index contributed by atoms with van der Waals surface area (Å²) in [5.74, 6) is 1.62. The lowest BCUT2D eigenvalue weighted by atomic mass is 10.0. The average molecular weight is 614 g/mol. The minimum Gasteiger partial charge on any atom is -0.489 e. The van der Waals surface area contributed by atoms with Crippen LogP contribution in [-0.2, 0) is 14.3 Å². The quantitative estimate of drug-likeness (QED) is 0.325. The second kappa shape index (κ2) is 14.0. The van der Waals surface area contributed by atoms with Gasteiger partial charge in [-0.25, -0.2) is 14.4 Å². The first-order valence-electron chi connectivity index (χ1n) is 15.0. The molecule has 1 aromatic heterocycles. The summed E-state index contributed by atoms with van der Waals surface area (Å²) in [5, 5.41) is 4.01. The van der Waals surface area contributed by atoms with Gasteiger partial charge in [-0.2, -0.15) is 0 Å². The van der Waals surface area contributed by atoms with Crippen molar-refractivity contribution in [3.63, 3.8) is 0 Å². The van der Waals surface area contributed by atoms with Gasteiger partial charge in [0.25, 0.3) is 0 Å². The number of aromatic nitrogens is 2. The monoisotopic (exact) mass is 613 g/mol. The van der Waals surface area contributed by atoms with Crippen molar-refractivity contribution in [1.82, 2.24) is 19.8 Å². The van der Waals surface area contributed by atoms with E-state index in [0.717, 1.165) is 70.5 Å². The summed E-state index contributed by atoms with van der Waals surface area (Å²) in [5.41, 5.74) is 1.31. The molecule has 230 valence electrons. The van der Waals surface area contributed by atoms with Gasteiger partial charge in [-0.1, -0.05) is 11.6 Å². The molecule has 0 aliphatic carbocycles. The van der Waals surface area contributed by atoms with E-state index in [1.807, 2.05) is 12.1 Å². The van der Waals surface area contributed by atoms with Crippen molar-refractivity contribution in [1.29, 1.82) is 0 Å². The summed E-state index contributed by atoms with van der Waals surface area (Å²) < 4.78 is 37.0. The molecular weight excluding hydrogens is 577 g/mol. The summed E-state index contributed by atoms with van der Waals surface area (Å²) in [6.07, 6.45) is 5.44. The normalized spacial score (nSPS) is 19.3. The fourth-order valence-corrected chi connectivity index (χ4v) is 6.07. The third-order valence-electron chi connectivity index (χ3n) is 8.41. The number of nitrogens with zero attached hydrogens (tertiary/aromatic N) is 4. The summed E-state index contributed by atoms with van der Waals surface area (Å²) in [6.45, 7) is 6.96. The van der Waals surface area contributed by atoms with Crippen LogP contribution in [0.15, 0.2) is 36.7 Å². The zero-order chi connectivity index (χ0) is 29.6. The fourth-order valence-electron chi connectivity index (χ4n) is 5.89. The molecule has 0 unspecified atom stereocenters. The molecule has 0 radical (unpaired) electrons. The number of carbonyl (C=O) groups is 1. The largest absolute Gasteiger partial charge is 0.489 e. The fraction of sp³-hybridized carbons (Fsp3) is 0.516. The number of esters is 1. The lowest BCUT2D eigenvalue weighted by molar-refractivity contribution is -0.152. The van der Waals surface area contributed by atoms with Crippen LogP contribution in [-0.4, -0.2) is 97.5 Å². The molecule has 0 atom stereocenters. The molecule has 0 amide bonds. The minimum atomic E-state index is -0.483. The minimum absolute atomic E-state index is 0.0277. The van der Waals surface area contributed by atoms with Gasteiger partial charge in [0, 0.05) is 49.5 Å². The Bertz CT molecular complexity index is 1420. The van der Waals surface area contributed by atoms with E-state index >= 15 is 0 Å². The number of hydrogen-bond donors (Lipinski definition) is 1. The molecule has 3 aliphatic heterocycles. The maximum Gasteiger partial charge on any atom is 0.320 e. The maximum atomic E-state index is 13.7. The van der Waals surface area contributed by atoms with Gasteiger partial charge < -0.3 is 24.3 Å². The summed E-state index contributed by atoms with van der Waals surface area (Å²) >= 11 is 6.00. The van der Waals surface area contributed by atoms with Crippen molar-refractivity contribution < 1.29 is 28.1 Å². The van der Waals surface area contributed by atoms with Crippen LogP contribution in [0, 0.1) is 11.7 Å². The van der Waals surface area contributed by atoms with Gasteiger partial charge in [-0.05, 0) is 69.0 Å². The van der Waals surface area contributed by atoms with Crippen LogP contribution in [0.1, 0.15) is 25.7 Å². The number of piperidine rings is 1. The molecule has 10 nitrogen and oxygen atoms in total. The Morgan fingerprint density at radius 3 is 2.60 bits per heavy atom. The highest BCUT2D eigenvalue weighted by Crippen LogP contribution is 2.36. The van der Waals surface area contributed by atoms with Gasteiger partial charge in [0.1, 0.15) is 31.2 Å². The molecule has 0 spiro atoms. The van der Waals surface area contributed by atoms with Crippen molar-refractivity contribution in [2.24, 2.45) is 5.92 Å². The van der Waals surface area contributed by atoms with Crippen LogP contribution in [0.3, 0.4) is 0 Å².